The lowest BCUT2D eigenvalue weighted by molar-refractivity contribution is 0.00297. The molecular formula is C14H23ClN2OS. The number of nitrogens with zero attached hydrogens (tertiary/aromatic N) is 1. The fourth-order valence-corrected chi connectivity index (χ4v) is 4.46. The van der Waals surface area contributed by atoms with Gasteiger partial charge in [0.1, 0.15) is 0 Å². The minimum absolute atomic E-state index is 0.00437. The summed E-state index contributed by atoms with van der Waals surface area (Å²) in [6, 6.07) is 4.07. The van der Waals surface area contributed by atoms with Crippen molar-refractivity contribution in [1.29, 1.82) is 0 Å². The Kier molecular flexibility index (Phi) is 4.90. The molecule has 1 aromatic rings. The van der Waals surface area contributed by atoms with Gasteiger partial charge in [-0.2, -0.15) is 0 Å². The summed E-state index contributed by atoms with van der Waals surface area (Å²) in [6.45, 7) is 2.68. The molecule has 1 aliphatic rings. The Balaban J connectivity index is 2.10. The van der Waals surface area contributed by atoms with Crippen molar-refractivity contribution in [3.05, 3.63) is 21.3 Å². The van der Waals surface area contributed by atoms with Gasteiger partial charge in [0.15, 0.2) is 0 Å². The van der Waals surface area contributed by atoms with E-state index in [0.29, 0.717) is 6.54 Å². The number of aliphatic hydroxyl groups is 1. The lowest BCUT2D eigenvalue weighted by atomic mass is 9.99. The van der Waals surface area contributed by atoms with Gasteiger partial charge in [0.2, 0.25) is 0 Å². The molecule has 0 radical (unpaired) electrons. The summed E-state index contributed by atoms with van der Waals surface area (Å²) in [5.41, 5.74) is 5.60. The van der Waals surface area contributed by atoms with Crippen LogP contribution in [0, 0.1) is 0 Å². The van der Waals surface area contributed by atoms with Gasteiger partial charge in [0, 0.05) is 17.5 Å². The Morgan fingerprint density at radius 1 is 1.47 bits per heavy atom. The van der Waals surface area contributed by atoms with Gasteiger partial charge in [-0.1, -0.05) is 24.4 Å². The van der Waals surface area contributed by atoms with Crippen molar-refractivity contribution in [2.45, 2.75) is 50.3 Å². The maximum absolute atomic E-state index is 10.5. The van der Waals surface area contributed by atoms with Crippen molar-refractivity contribution in [2.24, 2.45) is 5.73 Å². The maximum Gasteiger partial charge on any atom is 0.0931 e. The van der Waals surface area contributed by atoms with E-state index in [0.717, 1.165) is 30.0 Å². The zero-order valence-electron chi connectivity index (χ0n) is 11.6. The van der Waals surface area contributed by atoms with E-state index < -0.39 is 5.60 Å². The number of rotatable bonds is 5. The van der Waals surface area contributed by atoms with Gasteiger partial charge in [-0.3, -0.25) is 4.90 Å². The minimum Gasteiger partial charge on any atom is -0.389 e. The molecule has 5 heteroatoms. The fraction of sp³-hybridized carbons (Fsp3) is 0.714. The normalized spacial score (nSPS) is 21.8. The van der Waals surface area contributed by atoms with Gasteiger partial charge in [0.25, 0.3) is 0 Å². The van der Waals surface area contributed by atoms with E-state index >= 15 is 0 Å². The summed E-state index contributed by atoms with van der Waals surface area (Å²) in [4.78, 5) is 3.35. The standard InChI is InChI=1S/C14H23ClN2OS/c1-10(16)13(11-5-6-12(15)19-11)17(2)9-14(18)7-3-4-8-14/h5-6,10,13,18H,3-4,7-9,16H2,1-2H3. The molecule has 3 nitrogen and oxygen atoms in total. The average Bonchev–Trinajstić information content (AvgIpc) is 2.88. The molecule has 1 heterocycles. The highest BCUT2D eigenvalue weighted by Gasteiger charge is 2.35. The molecule has 2 atom stereocenters. The molecule has 2 rings (SSSR count). The maximum atomic E-state index is 10.5. The van der Waals surface area contributed by atoms with E-state index in [1.165, 1.54) is 4.88 Å². The van der Waals surface area contributed by atoms with Crippen LogP contribution in [0.2, 0.25) is 4.34 Å². The van der Waals surface area contributed by atoms with Crippen molar-refractivity contribution in [3.8, 4) is 0 Å². The number of nitrogens with two attached hydrogens (primary N) is 1. The van der Waals surface area contributed by atoms with E-state index in [9.17, 15) is 5.11 Å². The third-order valence-electron chi connectivity index (χ3n) is 3.94. The second-order valence-corrected chi connectivity index (χ2v) is 7.54. The van der Waals surface area contributed by atoms with Crippen LogP contribution < -0.4 is 5.73 Å². The number of likely N-dealkylation sites (N-methyl/N-ethyl adjacent to an activating group) is 1. The zero-order chi connectivity index (χ0) is 14.0. The van der Waals surface area contributed by atoms with Gasteiger partial charge in [0.05, 0.1) is 16.0 Å². The van der Waals surface area contributed by atoms with E-state index in [2.05, 4.69) is 4.90 Å². The first-order valence-electron chi connectivity index (χ1n) is 6.85. The predicted molar refractivity (Wildman–Crippen MR) is 81.8 cm³/mol. The number of hydrogen-bond acceptors (Lipinski definition) is 4. The second kappa shape index (κ2) is 6.10. The Hall–Kier alpha value is -0.130. The van der Waals surface area contributed by atoms with Gasteiger partial charge < -0.3 is 10.8 Å². The lowest BCUT2D eigenvalue weighted by Gasteiger charge is -2.35. The van der Waals surface area contributed by atoms with Gasteiger partial charge >= 0.3 is 0 Å². The number of halogens is 1. The number of thiophene rings is 1. The molecule has 0 aromatic carbocycles. The van der Waals surface area contributed by atoms with Crippen LogP contribution in [0.25, 0.3) is 0 Å². The van der Waals surface area contributed by atoms with Crippen LogP contribution in [-0.4, -0.2) is 35.2 Å². The molecule has 2 unspecified atom stereocenters. The highest BCUT2D eigenvalue weighted by atomic mass is 35.5. The molecule has 0 spiro atoms. The van der Waals surface area contributed by atoms with Crippen molar-refractivity contribution in [3.63, 3.8) is 0 Å². The summed E-state index contributed by atoms with van der Waals surface area (Å²) in [7, 11) is 2.04. The topological polar surface area (TPSA) is 49.5 Å². The molecule has 1 aliphatic carbocycles. The Morgan fingerprint density at radius 2 is 2.11 bits per heavy atom. The Bertz CT molecular complexity index is 415. The van der Waals surface area contributed by atoms with Crippen LogP contribution in [0.5, 0.6) is 0 Å². The minimum atomic E-state index is -0.539. The lowest BCUT2D eigenvalue weighted by Crippen LogP contribution is -2.45. The van der Waals surface area contributed by atoms with Crippen molar-refractivity contribution >= 4 is 22.9 Å². The quantitative estimate of drug-likeness (QED) is 0.879. The molecule has 1 fully saturated rings. The van der Waals surface area contributed by atoms with E-state index in [1.54, 1.807) is 11.3 Å². The molecule has 0 amide bonds. The van der Waals surface area contributed by atoms with Crippen LogP contribution in [0.4, 0.5) is 0 Å². The molecule has 0 aliphatic heterocycles. The van der Waals surface area contributed by atoms with Crippen LogP contribution in [-0.2, 0) is 0 Å². The molecule has 19 heavy (non-hydrogen) atoms. The Labute approximate surface area is 124 Å². The first-order chi connectivity index (χ1) is 8.91. The molecular weight excluding hydrogens is 280 g/mol. The van der Waals surface area contributed by atoms with Crippen LogP contribution in [0.15, 0.2) is 12.1 Å². The van der Waals surface area contributed by atoms with Crippen LogP contribution in [0.1, 0.15) is 43.5 Å². The smallest absolute Gasteiger partial charge is 0.0931 e. The van der Waals surface area contributed by atoms with Crippen LogP contribution in [0.3, 0.4) is 0 Å². The monoisotopic (exact) mass is 302 g/mol. The fourth-order valence-electron chi connectivity index (χ4n) is 3.12. The third-order valence-corrected chi connectivity index (χ3v) is 5.24. The van der Waals surface area contributed by atoms with E-state index in [-0.39, 0.29) is 12.1 Å². The molecule has 0 saturated heterocycles. The molecule has 108 valence electrons. The molecule has 0 bridgehead atoms. The van der Waals surface area contributed by atoms with Crippen LogP contribution >= 0.6 is 22.9 Å². The zero-order valence-corrected chi connectivity index (χ0v) is 13.2. The van der Waals surface area contributed by atoms with Gasteiger partial charge in [-0.05, 0) is 38.9 Å². The summed E-state index contributed by atoms with van der Waals surface area (Å²) in [6.07, 6.45) is 4.04. The Morgan fingerprint density at radius 3 is 2.58 bits per heavy atom. The second-order valence-electron chi connectivity index (χ2n) is 5.79. The third kappa shape index (κ3) is 3.70. The van der Waals surface area contributed by atoms with E-state index in [1.807, 2.05) is 26.1 Å². The summed E-state index contributed by atoms with van der Waals surface area (Å²) >= 11 is 7.59. The van der Waals surface area contributed by atoms with Gasteiger partial charge in [-0.25, -0.2) is 0 Å². The molecule has 1 saturated carbocycles. The first kappa shape index (κ1) is 15.3. The summed E-state index contributed by atoms with van der Waals surface area (Å²) in [5.74, 6) is 0. The molecule has 3 N–H and O–H groups in total. The predicted octanol–water partition coefficient (Wildman–Crippen LogP) is 3.03. The number of hydrogen-bond donors (Lipinski definition) is 2. The van der Waals surface area contributed by atoms with Gasteiger partial charge in [-0.15, -0.1) is 11.3 Å². The molecule has 1 aromatic heterocycles. The highest BCUT2D eigenvalue weighted by molar-refractivity contribution is 7.16. The highest BCUT2D eigenvalue weighted by Crippen LogP contribution is 2.35. The largest absolute Gasteiger partial charge is 0.389 e. The average molecular weight is 303 g/mol. The first-order valence-corrected chi connectivity index (χ1v) is 8.04. The van der Waals surface area contributed by atoms with E-state index in [4.69, 9.17) is 17.3 Å². The van der Waals surface area contributed by atoms with Crippen molar-refractivity contribution in [2.75, 3.05) is 13.6 Å². The SMILES string of the molecule is CC(N)C(c1ccc(Cl)s1)N(C)CC1(O)CCCC1. The summed E-state index contributed by atoms with van der Waals surface area (Å²) in [5, 5.41) is 10.5. The summed E-state index contributed by atoms with van der Waals surface area (Å²) < 4.78 is 0.786. The van der Waals surface area contributed by atoms with Crippen molar-refractivity contribution < 1.29 is 5.11 Å². The van der Waals surface area contributed by atoms with Crippen molar-refractivity contribution in [1.82, 2.24) is 4.90 Å².